The van der Waals surface area contributed by atoms with Crippen molar-refractivity contribution in [3.05, 3.63) is 150 Å². The molecule has 0 spiro atoms. The molecule has 218 valence electrons. The molecule has 4 aromatic rings. The number of rotatable bonds is 9. The number of allylic oxidation sites excluding steroid dienone is 5. The number of benzene rings is 4. The van der Waals surface area contributed by atoms with E-state index in [1.807, 2.05) is 26.0 Å². The van der Waals surface area contributed by atoms with Gasteiger partial charge in [0.05, 0.1) is 28.8 Å². The van der Waals surface area contributed by atoms with Crippen molar-refractivity contribution in [2.45, 2.75) is 39.4 Å². The Morgan fingerprint density at radius 1 is 0.886 bits per heavy atom. The number of para-hydroxylation sites is 2. The average molecular weight is 575 g/mol. The Morgan fingerprint density at radius 2 is 1.66 bits per heavy atom. The molecule has 1 aliphatic heterocycles. The smallest absolute Gasteiger partial charge is 0.0859 e. The summed E-state index contributed by atoms with van der Waals surface area (Å²) in [5, 5.41) is 0. The molecule has 0 aromatic heterocycles. The van der Waals surface area contributed by atoms with E-state index in [0.717, 1.165) is 42.3 Å². The monoisotopic (exact) mass is 574 g/mol. The molecule has 0 saturated carbocycles. The molecule has 1 unspecified atom stereocenters. The highest BCUT2D eigenvalue weighted by Gasteiger charge is 2.25. The van der Waals surface area contributed by atoms with Crippen LogP contribution in [0.5, 0.6) is 0 Å². The van der Waals surface area contributed by atoms with Gasteiger partial charge in [-0.25, -0.2) is 0 Å². The van der Waals surface area contributed by atoms with Gasteiger partial charge >= 0.3 is 0 Å². The maximum absolute atomic E-state index is 4.32. The third kappa shape index (κ3) is 5.71. The minimum atomic E-state index is 0.257. The second kappa shape index (κ2) is 13.0. The minimum Gasteiger partial charge on any atom is -0.359 e. The van der Waals surface area contributed by atoms with Crippen LogP contribution >= 0.6 is 0 Å². The van der Waals surface area contributed by atoms with E-state index < -0.39 is 0 Å². The molecule has 0 N–H and O–H groups in total. The van der Waals surface area contributed by atoms with Crippen molar-refractivity contribution in [2.75, 3.05) is 4.90 Å². The Morgan fingerprint density at radius 3 is 2.41 bits per heavy atom. The third-order valence-electron chi connectivity index (χ3n) is 8.51. The number of fused-ring (bicyclic) bond motifs is 3. The number of aliphatic imine (C=N–C) groups is 2. The van der Waals surface area contributed by atoms with Gasteiger partial charge in [-0.3, -0.25) is 9.98 Å². The Balaban J connectivity index is 1.34. The van der Waals surface area contributed by atoms with Crippen molar-refractivity contribution >= 4 is 30.5 Å². The molecule has 4 nitrogen and oxygen atoms in total. The molecule has 1 atom stereocenters. The number of hydrogen-bond acceptors (Lipinski definition) is 4. The summed E-state index contributed by atoms with van der Waals surface area (Å²) < 4.78 is 0. The van der Waals surface area contributed by atoms with Crippen LogP contribution in [-0.4, -0.2) is 24.4 Å². The standard InChI is InChI=1S/C40H38N4/c1-5-13-38(29(2)41-3)43(34-15-7-6-8-16-34)27-30-20-22-31(23-21-30)32-24-25-39-36(26-32)35-17-10-9-14-33(35)28-44(39)40-19-12-11-18-37(40)42-4/h5-15,17-26,34H,3-4,16,27-28H2,1-2H3/b13-5-,38-29-. The van der Waals surface area contributed by atoms with E-state index in [9.17, 15) is 0 Å². The molecular weight excluding hydrogens is 536 g/mol. The van der Waals surface area contributed by atoms with Crippen molar-refractivity contribution in [3.8, 4) is 22.3 Å². The average Bonchev–Trinajstić information content (AvgIpc) is 3.09. The maximum atomic E-state index is 4.32. The number of anilines is 2. The fourth-order valence-corrected chi connectivity index (χ4v) is 6.23. The van der Waals surface area contributed by atoms with Crippen LogP contribution in [0.25, 0.3) is 22.3 Å². The fraction of sp³-hybridized carbons (Fsp3) is 0.150. The summed E-state index contributed by atoms with van der Waals surface area (Å²) in [6.45, 7) is 13.3. The van der Waals surface area contributed by atoms with Crippen LogP contribution in [0.2, 0.25) is 0 Å². The largest absolute Gasteiger partial charge is 0.359 e. The molecular formula is C40H38N4. The molecule has 0 amide bonds. The topological polar surface area (TPSA) is 31.2 Å². The lowest BCUT2D eigenvalue weighted by Crippen LogP contribution is -2.33. The first kappa shape index (κ1) is 28.9. The van der Waals surface area contributed by atoms with Crippen molar-refractivity contribution in [3.63, 3.8) is 0 Å². The molecule has 6 rings (SSSR count). The molecule has 2 aliphatic rings. The maximum Gasteiger partial charge on any atom is 0.0859 e. The number of hydrogen-bond donors (Lipinski definition) is 0. The van der Waals surface area contributed by atoms with Gasteiger partial charge in [0.15, 0.2) is 0 Å². The highest BCUT2D eigenvalue weighted by Crippen LogP contribution is 2.46. The third-order valence-corrected chi connectivity index (χ3v) is 8.51. The van der Waals surface area contributed by atoms with Gasteiger partial charge in [-0.2, -0.15) is 0 Å². The van der Waals surface area contributed by atoms with Crippen molar-refractivity contribution in [1.29, 1.82) is 0 Å². The van der Waals surface area contributed by atoms with Crippen LogP contribution in [0.15, 0.2) is 149 Å². The lowest BCUT2D eigenvalue weighted by atomic mass is 9.90. The predicted molar refractivity (Wildman–Crippen MR) is 188 cm³/mol. The Hall–Kier alpha value is -5.22. The predicted octanol–water partition coefficient (Wildman–Crippen LogP) is 10.2. The molecule has 0 bridgehead atoms. The summed E-state index contributed by atoms with van der Waals surface area (Å²) in [5.41, 5.74) is 12.6. The lowest BCUT2D eigenvalue weighted by molar-refractivity contribution is 0.289. The second-order valence-corrected chi connectivity index (χ2v) is 11.2. The van der Waals surface area contributed by atoms with Gasteiger partial charge in [-0.1, -0.05) is 97.1 Å². The van der Waals surface area contributed by atoms with Gasteiger partial charge in [0, 0.05) is 24.3 Å². The summed E-state index contributed by atoms with van der Waals surface area (Å²) in [6, 6.07) is 33.0. The van der Waals surface area contributed by atoms with Gasteiger partial charge in [0.25, 0.3) is 0 Å². The Bertz CT molecular complexity index is 1810. The highest BCUT2D eigenvalue weighted by atomic mass is 15.2. The van der Waals surface area contributed by atoms with Crippen LogP contribution in [0.4, 0.5) is 17.1 Å². The van der Waals surface area contributed by atoms with E-state index in [0.29, 0.717) is 0 Å². The van der Waals surface area contributed by atoms with Gasteiger partial charge in [-0.05, 0) is 91.9 Å². The first-order chi connectivity index (χ1) is 21.6. The van der Waals surface area contributed by atoms with Gasteiger partial charge in [0.2, 0.25) is 0 Å². The SMILES string of the molecule is C=N/C(C)=C(/C=C\C)N(Cc1ccc(-c2ccc3c(c2)-c2ccccc2CN3c2ccccc2N=C)cc1)C1C=CC=CC1. The summed E-state index contributed by atoms with van der Waals surface area (Å²) in [5.74, 6) is 0. The zero-order valence-corrected chi connectivity index (χ0v) is 25.5. The van der Waals surface area contributed by atoms with E-state index in [4.69, 9.17) is 0 Å². The van der Waals surface area contributed by atoms with Crippen LogP contribution in [0.3, 0.4) is 0 Å². The molecule has 1 heterocycles. The van der Waals surface area contributed by atoms with Crippen LogP contribution in [0.1, 0.15) is 31.4 Å². The Labute approximate surface area is 261 Å². The summed E-state index contributed by atoms with van der Waals surface area (Å²) in [4.78, 5) is 13.4. The normalized spacial score (nSPS) is 15.9. The van der Waals surface area contributed by atoms with Crippen LogP contribution in [-0.2, 0) is 13.1 Å². The highest BCUT2D eigenvalue weighted by molar-refractivity contribution is 5.92. The zero-order valence-electron chi connectivity index (χ0n) is 25.5. The van der Waals surface area contributed by atoms with Crippen LogP contribution < -0.4 is 4.90 Å². The second-order valence-electron chi connectivity index (χ2n) is 11.2. The molecule has 1 aliphatic carbocycles. The first-order valence-electron chi connectivity index (χ1n) is 15.2. The first-order valence-corrected chi connectivity index (χ1v) is 15.2. The Kier molecular flexibility index (Phi) is 8.51. The summed E-state index contributed by atoms with van der Waals surface area (Å²) in [7, 11) is 0. The lowest BCUT2D eigenvalue weighted by Gasteiger charge is -2.34. The fourth-order valence-electron chi connectivity index (χ4n) is 6.23. The van der Waals surface area contributed by atoms with E-state index >= 15 is 0 Å². The van der Waals surface area contributed by atoms with E-state index in [-0.39, 0.29) is 6.04 Å². The van der Waals surface area contributed by atoms with Gasteiger partial charge < -0.3 is 9.80 Å². The van der Waals surface area contributed by atoms with Crippen LogP contribution in [0, 0.1) is 0 Å². The zero-order chi connectivity index (χ0) is 30.5. The van der Waals surface area contributed by atoms with Gasteiger partial charge in [0.1, 0.15) is 0 Å². The van der Waals surface area contributed by atoms with Crippen molar-refractivity contribution in [2.24, 2.45) is 9.98 Å². The molecule has 0 saturated heterocycles. The van der Waals surface area contributed by atoms with Gasteiger partial charge in [-0.15, -0.1) is 0 Å². The summed E-state index contributed by atoms with van der Waals surface area (Å²) in [6.07, 6.45) is 13.9. The quantitative estimate of drug-likeness (QED) is 0.147. The van der Waals surface area contributed by atoms with E-state index in [2.05, 4.69) is 149 Å². The molecule has 0 radical (unpaired) electrons. The van der Waals surface area contributed by atoms with Crippen molar-refractivity contribution < 1.29 is 0 Å². The minimum absolute atomic E-state index is 0.257. The molecule has 4 heteroatoms. The molecule has 0 fully saturated rings. The van der Waals surface area contributed by atoms with Crippen molar-refractivity contribution in [1.82, 2.24) is 4.90 Å². The molecule has 44 heavy (non-hydrogen) atoms. The van der Waals surface area contributed by atoms with E-state index in [1.165, 1.54) is 39.1 Å². The molecule has 4 aromatic carbocycles. The number of nitrogens with zero attached hydrogens (tertiary/aromatic N) is 4. The van der Waals surface area contributed by atoms with E-state index in [1.54, 1.807) is 0 Å². The summed E-state index contributed by atoms with van der Waals surface area (Å²) >= 11 is 0.